The number of piperidine rings is 1. The molecule has 3 rings (SSSR count). The quantitative estimate of drug-likeness (QED) is 0.792. The summed E-state index contributed by atoms with van der Waals surface area (Å²) in [4.78, 5) is 14.3. The maximum atomic E-state index is 12.3. The van der Waals surface area contributed by atoms with Crippen LogP contribution in [-0.2, 0) is 4.79 Å². The fourth-order valence-corrected chi connectivity index (χ4v) is 3.57. The summed E-state index contributed by atoms with van der Waals surface area (Å²) in [5, 5.41) is 13.0. The first kappa shape index (κ1) is 16.3. The topological polar surface area (TPSA) is 63.9 Å². The third kappa shape index (κ3) is 4.03. The van der Waals surface area contributed by atoms with Crippen LogP contribution in [0.4, 0.5) is 0 Å². The molecule has 1 aromatic carbocycles. The van der Waals surface area contributed by atoms with E-state index in [0.717, 1.165) is 25.2 Å². The summed E-state index contributed by atoms with van der Waals surface area (Å²) in [6.07, 6.45) is 2.28. The number of halogens is 1. The van der Waals surface area contributed by atoms with Crippen LogP contribution < -0.4 is 0 Å². The van der Waals surface area contributed by atoms with E-state index in [-0.39, 0.29) is 5.91 Å². The average molecular weight is 352 g/mol. The number of tetrazole rings is 1. The summed E-state index contributed by atoms with van der Waals surface area (Å²) in [5.74, 6) is 1.07. The SMILES string of the molecule is C[C@@H]1CCCN(C(=O)CSc2nnnn2-c2ccc(Cl)cc2)C1. The molecule has 0 radical (unpaired) electrons. The van der Waals surface area contributed by atoms with Crippen LogP contribution in [0.15, 0.2) is 29.4 Å². The van der Waals surface area contributed by atoms with Gasteiger partial charge in [-0.1, -0.05) is 30.3 Å². The van der Waals surface area contributed by atoms with Gasteiger partial charge >= 0.3 is 0 Å². The van der Waals surface area contributed by atoms with Gasteiger partial charge in [0.05, 0.1) is 11.4 Å². The van der Waals surface area contributed by atoms with E-state index in [1.807, 2.05) is 17.0 Å². The standard InChI is InChI=1S/C15H18ClN5OS/c1-11-3-2-8-20(9-11)14(22)10-23-15-17-18-19-21(15)13-6-4-12(16)5-7-13/h4-7,11H,2-3,8-10H2,1H3/t11-/m1/s1. The highest BCUT2D eigenvalue weighted by Crippen LogP contribution is 2.21. The van der Waals surface area contributed by atoms with Gasteiger partial charge in [-0.25, -0.2) is 0 Å². The maximum Gasteiger partial charge on any atom is 0.233 e. The van der Waals surface area contributed by atoms with Gasteiger partial charge in [-0.05, 0) is 53.5 Å². The van der Waals surface area contributed by atoms with Crippen molar-refractivity contribution in [1.82, 2.24) is 25.1 Å². The van der Waals surface area contributed by atoms with Crippen LogP contribution in [0.3, 0.4) is 0 Å². The summed E-state index contributed by atoms with van der Waals surface area (Å²) < 4.78 is 1.62. The van der Waals surface area contributed by atoms with Crippen LogP contribution in [-0.4, -0.2) is 49.9 Å². The Morgan fingerprint density at radius 3 is 2.91 bits per heavy atom. The van der Waals surface area contributed by atoms with Crippen LogP contribution in [0.2, 0.25) is 5.02 Å². The molecule has 2 heterocycles. The fourth-order valence-electron chi connectivity index (χ4n) is 2.65. The Kier molecular flexibility index (Phi) is 5.17. The van der Waals surface area contributed by atoms with Crippen molar-refractivity contribution in [2.45, 2.75) is 24.9 Å². The lowest BCUT2D eigenvalue weighted by atomic mass is 10.0. The van der Waals surface area contributed by atoms with Crippen molar-refractivity contribution in [2.24, 2.45) is 5.92 Å². The number of likely N-dealkylation sites (tertiary alicyclic amines) is 1. The van der Waals surface area contributed by atoms with Crippen LogP contribution in [0, 0.1) is 5.92 Å². The summed E-state index contributed by atoms with van der Waals surface area (Å²) >= 11 is 7.26. The van der Waals surface area contributed by atoms with Gasteiger partial charge < -0.3 is 4.90 Å². The molecule has 1 aliphatic heterocycles. The molecule has 1 saturated heterocycles. The van der Waals surface area contributed by atoms with Gasteiger partial charge in [-0.2, -0.15) is 4.68 Å². The van der Waals surface area contributed by atoms with Crippen LogP contribution in [0.25, 0.3) is 5.69 Å². The molecule has 2 aromatic rings. The number of benzene rings is 1. The zero-order chi connectivity index (χ0) is 16.2. The van der Waals surface area contributed by atoms with E-state index in [2.05, 4.69) is 22.4 Å². The molecule has 1 fully saturated rings. The number of rotatable bonds is 4. The first-order valence-corrected chi connectivity index (χ1v) is 8.95. The maximum absolute atomic E-state index is 12.3. The van der Waals surface area contributed by atoms with Crippen molar-refractivity contribution in [2.75, 3.05) is 18.8 Å². The Morgan fingerprint density at radius 1 is 1.39 bits per heavy atom. The van der Waals surface area contributed by atoms with Gasteiger partial charge in [-0.3, -0.25) is 4.79 Å². The smallest absolute Gasteiger partial charge is 0.233 e. The van der Waals surface area contributed by atoms with E-state index in [0.29, 0.717) is 21.8 Å². The second kappa shape index (κ2) is 7.31. The summed E-state index contributed by atoms with van der Waals surface area (Å²) in [5.41, 5.74) is 0.820. The Bertz CT molecular complexity index is 675. The van der Waals surface area contributed by atoms with Crippen molar-refractivity contribution in [1.29, 1.82) is 0 Å². The number of thioether (sulfide) groups is 1. The van der Waals surface area contributed by atoms with Crippen LogP contribution in [0.1, 0.15) is 19.8 Å². The van der Waals surface area contributed by atoms with Crippen molar-refractivity contribution < 1.29 is 4.79 Å². The van der Waals surface area contributed by atoms with Crippen LogP contribution in [0.5, 0.6) is 0 Å². The Balaban J connectivity index is 1.64. The third-order valence-corrected chi connectivity index (χ3v) is 5.00. The summed E-state index contributed by atoms with van der Waals surface area (Å²) in [6, 6.07) is 7.26. The largest absolute Gasteiger partial charge is 0.342 e. The molecule has 0 spiro atoms. The van der Waals surface area contributed by atoms with E-state index >= 15 is 0 Å². The van der Waals surface area contributed by atoms with E-state index in [9.17, 15) is 4.79 Å². The van der Waals surface area contributed by atoms with E-state index in [1.54, 1.807) is 16.8 Å². The first-order valence-electron chi connectivity index (χ1n) is 7.58. The lowest BCUT2D eigenvalue weighted by Gasteiger charge is -2.30. The normalized spacial score (nSPS) is 18.2. The average Bonchev–Trinajstić information content (AvgIpc) is 3.02. The van der Waals surface area contributed by atoms with Gasteiger partial charge in [0.2, 0.25) is 11.1 Å². The number of carbonyl (C=O) groups excluding carboxylic acids is 1. The highest BCUT2D eigenvalue weighted by atomic mass is 35.5. The molecule has 0 aliphatic carbocycles. The molecule has 8 heteroatoms. The zero-order valence-electron chi connectivity index (χ0n) is 12.9. The minimum Gasteiger partial charge on any atom is -0.342 e. The molecule has 6 nitrogen and oxygen atoms in total. The molecule has 1 aromatic heterocycles. The van der Waals surface area contributed by atoms with Crippen molar-refractivity contribution in [3.05, 3.63) is 29.3 Å². The molecular formula is C15H18ClN5OS. The van der Waals surface area contributed by atoms with Gasteiger partial charge in [0.25, 0.3) is 0 Å². The highest BCUT2D eigenvalue weighted by molar-refractivity contribution is 7.99. The summed E-state index contributed by atoms with van der Waals surface area (Å²) in [7, 11) is 0. The number of amides is 1. The molecule has 23 heavy (non-hydrogen) atoms. The lowest BCUT2D eigenvalue weighted by molar-refractivity contribution is -0.130. The molecule has 1 amide bonds. The second-order valence-corrected chi connectivity index (χ2v) is 7.10. The number of nitrogens with zero attached hydrogens (tertiary/aromatic N) is 5. The van der Waals surface area contributed by atoms with Gasteiger partial charge in [0.1, 0.15) is 0 Å². The van der Waals surface area contributed by atoms with Crippen LogP contribution >= 0.6 is 23.4 Å². The molecule has 122 valence electrons. The molecule has 0 bridgehead atoms. The number of carbonyl (C=O) groups is 1. The predicted molar refractivity (Wildman–Crippen MR) is 89.9 cm³/mol. The molecule has 0 saturated carbocycles. The fraction of sp³-hybridized carbons (Fsp3) is 0.467. The lowest BCUT2D eigenvalue weighted by Crippen LogP contribution is -2.40. The zero-order valence-corrected chi connectivity index (χ0v) is 14.4. The second-order valence-electron chi connectivity index (χ2n) is 5.73. The first-order chi connectivity index (χ1) is 11.1. The van der Waals surface area contributed by atoms with Gasteiger partial charge in [0, 0.05) is 18.1 Å². The molecule has 1 aliphatic rings. The minimum absolute atomic E-state index is 0.146. The highest BCUT2D eigenvalue weighted by Gasteiger charge is 2.21. The number of hydrogen-bond donors (Lipinski definition) is 0. The Labute approximate surface area is 144 Å². The van der Waals surface area contributed by atoms with E-state index < -0.39 is 0 Å². The molecule has 1 atom stereocenters. The molecule has 0 unspecified atom stereocenters. The number of hydrogen-bond acceptors (Lipinski definition) is 5. The summed E-state index contributed by atoms with van der Waals surface area (Å²) in [6.45, 7) is 3.89. The van der Waals surface area contributed by atoms with Gasteiger partial charge in [-0.15, -0.1) is 5.10 Å². The Morgan fingerprint density at radius 2 is 2.17 bits per heavy atom. The van der Waals surface area contributed by atoms with E-state index in [4.69, 9.17) is 11.6 Å². The predicted octanol–water partition coefficient (Wildman–Crippen LogP) is 2.67. The number of aromatic nitrogens is 4. The molecule has 0 N–H and O–H groups in total. The van der Waals surface area contributed by atoms with E-state index in [1.165, 1.54) is 18.2 Å². The Hall–Kier alpha value is -1.60. The third-order valence-electron chi connectivity index (χ3n) is 3.85. The molecular weight excluding hydrogens is 334 g/mol. The monoisotopic (exact) mass is 351 g/mol. The van der Waals surface area contributed by atoms with Crippen molar-refractivity contribution >= 4 is 29.3 Å². The van der Waals surface area contributed by atoms with Crippen molar-refractivity contribution in [3.8, 4) is 5.69 Å². The van der Waals surface area contributed by atoms with Gasteiger partial charge in [0.15, 0.2) is 0 Å². The minimum atomic E-state index is 0.146. The van der Waals surface area contributed by atoms with Crippen molar-refractivity contribution in [3.63, 3.8) is 0 Å².